The molecule has 4 atom stereocenters. The number of hydrogen-bond acceptors (Lipinski definition) is 1. The van der Waals surface area contributed by atoms with Crippen molar-refractivity contribution < 1.29 is 16.4 Å². The zero-order chi connectivity index (χ0) is 11.7. The van der Waals surface area contributed by atoms with Gasteiger partial charge in [0.1, 0.15) is 6.17 Å². The molecule has 0 heterocycles. The average molecular weight is 248 g/mol. The van der Waals surface area contributed by atoms with E-state index in [2.05, 4.69) is 6.92 Å². The maximum absolute atomic E-state index is 13.7. The zero-order valence-electron chi connectivity index (χ0n) is 11.0. The summed E-state index contributed by atoms with van der Waals surface area (Å²) in [5, 5.41) is 9.86. The lowest BCUT2D eigenvalue weighted by atomic mass is 9.68. The lowest BCUT2D eigenvalue weighted by Crippen LogP contribution is -2.39. The Morgan fingerprint density at radius 2 is 1.59 bits per heavy atom. The molecule has 2 fully saturated rings. The van der Waals surface area contributed by atoms with Gasteiger partial charge in [-0.25, -0.2) is 4.39 Å². The molecule has 2 rings (SSSR count). The maximum Gasteiger partial charge on any atom is 0.105 e. The summed E-state index contributed by atoms with van der Waals surface area (Å²) >= 11 is 0. The lowest BCUT2D eigenvalue weighted by Gasteiger charge is -2.40. The molecule has 0 aromatic heterocycles. The van der Waals surface area contributed by atoms with Crippen LogP contribution in [0.4, 0.5) is 4.39 Å². The molecule has 3 N–H and O–H groups in total. The van der Waals surface area contributed by atoms with Crippen molar-refractivity contribution in [2.75, 3.05) is 0 Å². The van der Waals surface area contributed by atoms with Crippen LogP contribution in [0.15, 0.2) is 0 Å². The van der Waals surface area contributed by atoms with E-state index in [0.717, 1.165) is 12.3 Å². The molecule has 0 aliphatic heterocycles. The molecule has 2 nitrogen and oxygen atoms in total. The van der Waals surface area contributed by atoms with E-state index in [1.54, 1.807) is 0 Å². The molecule has 3 heteroatoms. The highest BCUT2D eigenvalue weighted by molar-refractivity contribution is 4.88. The van der Waals surface area contributed by atoms with Gasteiger partial charge in [-0.3, -0.25) is 0 Å². The summed E-state index contributed by atoms with van der Waals surface area (Å²) in [5.74, 6) is 1.81. The van der Waals surface area contributed by atoms with Gasteiger partial charge in [0, 0.05) is 7.34 Å². The third kappa shape index (κ3) is 3.41. The number of aliphatic hydroxyl groups excluding tert-OH is 1. The molecule has 0 bridgehead atoms. The molecule has 0 amide bonds. The first kappa shape index (κ1) is 14.9. The highest BCUT2D eigenvalue weighted by Crippen LogP contribution is 2.42. The van der Waals surface area contributed by atoms with Crippen LogP contribution in [-0.2, 0) is 0 Å². The Hall–Kier alpha value is -0.150. The van der Waals surface area contributed by atoms with Crippen molar-refractivity contribution in [2.24, 2.45) is 23.7 Å². The summed E-state index contributed by atoms with van der Waals surface area (Å²) in [6.45, 7) is 4.15. The molecule has 17 heavy (non-hydrogen) atoms. The first-order chi connectivity index (χ1) is 7.58. The fraction of sp³-hybridized carbons (Fsp3) is 1.00. The van der Waals surface area contributed by atoms with Crippen molar-refractivity contribution >= 4 is 0 Å². The van der Waals surface area contributed by atoms with Crippen LogP contribution in [-0.4, -0.2) is 22.9 Å². The minimum Gasteiger partial charge on any atom is -0.412 e. The predicted molar refractivity (Wildman–Crippen MR) is 69.6 cm³/mol. The summed E-state index contributed by atoms with van der Waals surface area (Å²) in [7, 11) is 0. The van der Waals surface area contributed by atoms with Crippen molar-refractivity contribution in [1.82, 2.24) is 0 Å². The highest BCUT2D eigenvalue weighted by Gasteiger charge is 2.38. The monoisotopic (exact) mass is 248 g/mol. The van der Waals surface area contributed by atoms with E-state index in [-0.39, 0.29) is 12.8 Å². The SMILES string of the molecule is CC1CCC(C2CC(O)C(C)C(F)C2)CC1.O.[HH]. The lowest BCUT2D eigenvalue weighted by molar-refractivity contribution is -0.0198. The third-order valence-corrected chi connectivity index (χ3v) is 4.98. The van der Waals surface area contributed by atoms with Crippen LogP contribution in [0.25, 0.3) is 0 Å². The second kappa shape index (κ2) is 6.14. The molecule has 2 aliphatic carbocycles. The van der Waals surface area contributed by atoms with E-state index in [4.69, 9.17) is 0 Å². The van der Waals surface area contributed by atoms with E-state index in [9.17, 15) is 9.50 Å². The summed E-state index contributed by atoms with van der Waals surface area (Å²) in [6, 6.07) is 0. The number of hydrogen-bond donors (Lipinski definition) is 1. The standard InChI is InChI=1S/C14H25FO.H2O.H2/c1-9-3-5-11(6-4-9)12-7-13(15)10(2)14(16)8-12;;/h9-14,16H,3-8H2,1-2H3;1H2;1H. The van der Waals surface area contributed by atoms with Crippen LogP contribution < -0.4 is 0 Å². The largest absolute Gasteiger partial charge is 0.412 e. The predicted octanol–water partition coefficient (Wildman–Crippen LogP) is 2.98. The third-order valence-electron chi connectivity index (χ3n) is 4.98. The van der Waals surface area contributed by atoms with Crippen LogP contribution in [0.3, 0.4) is 0 Å². The van der Waals surface area contributed by atoms with E-state index < -0.39 is 12.3 Å². The fourth-order valence-electron chi connectivity index (χ4n) is 3.51. The molecule has 0 radical (unpaired) electrons. The van der Waals surface area contributed by atoms with Crippen molar-refractivity contribution in [3.8, 4) is 0 Å². The van der Waals surface area contributed by atoms with Gasteiger partial charge in [-0.2, -0.15) is 0 Å². The van der Waals surface area contributed by atoms with E-state index >= 15 is 0 Å². The number of halogens is 1. The molecular formula is C14H29FO2. The minimum atomic E-state index is -0.784. The van der Waals surface area contributed by atoms with E-state index in [1.807, 2.05) is 6.92 Å². The van der Waals surface area contributed by atoms with Gasteiger partial charge in [0.2, 0.25) is 0 Å². The molecule has 0 spiro atoms. The summed E-state index contributed by atoms with van der Waals surface area (Å²) in [5.41, 5.74) is 0. The number of alkyl halides is 1. The van der Waals surface area contributed by atoms with Crippen LogP contribution in [0, 0.1) is 23.7 Å². The van der Waals surface area contributed by atoms with Crippen molar-refractivity contribution in [3.63, 3.8) is 0 Å². The van der Waals surface area contributed by atoms with E-state index in [0.29, 0.717) is 18.3 Å². The summed E-state index contributed by atoms with van der Waals surface area (Å²) in [6.07, 6.45) is 5.42. The van der Waals surface area contributed by atoms with Crippen molar-refractivity contribution in [2.45, 2.75) is 64.6 Å². The van der Waals surface area contributed by atoms with Crippen LogP contribution in [0.1, 0.15) is 53.8 Å². The van der Waals surface area contributed by atoms with Gasteiger partial charge < -0.3 is 10.6 Å². The zero-order valence-corrected chi connectivity index (χ0v) is 11.0. The Kier molecular flexibility index (Phi) is 5.39. The average Bonchev–Trinajstić information content (AvgIpc) is 2.26. The fourth-order valence-corrected chi connectivity index (χ4v) is 3.51. The van der Waals surface area contributed by atoms with E-state index in [1.165, 1.54) is 25.7 Å². The summed E-state index contributed by atoms with van der Waals surface area (Å²) < 4.78 is 13.7. The first-order valence-electron chi connectivity index (χ1n) is 6.90. The summed E-state index contributed by atoms with van der Waals surface area (Å²) in [4.78, 5) is 0. The van der Waals surface area contributed by atoms with Crippen LogP contribution in [0.2, 0.25) is 0 Å². The molecule has 0 aromatic rings. The Bertz CT molecular complexity index is 220. The topological polar surface area (TPSA) is 51.7 Å². The normalized spacial score (nSPS) is 47.3. The molecule has 2 aliphatic rings. The Labute approximate surface area is 105 Å². The van der Waals surface area contributed by atoms with Gasteiger partial charge in [0.15, 0.2) is 0 Å². The quantitative estimate of drug-likeness (QED) is 0.762. The van der Waals surface area contributed by atoms with Gasteiger partial charge in [-0.05, 0) is 43.4 Å². The molecule has 104 valence electrons. The molecule has 0 aromatic carbocycles. The number of rotatable bonds is 1. The molecule has 2 saturated carbocycles. The molecule has 4 unspecified atom stereocenters. The second-order valence-electron chi connectivity index (χ2n) is 6.19. The smallest absolute Gasteiger partial charge is 0.105 e. The van der Waals surface area contributed by atoms with Crippen LogP contribution in [0.5, 0.6) is 0 Å². The minimum absolute atomic E-state index is 0. The Balaban J connectivity index is 0.00000144. The van der Waals surface area contributed by atoms with Crippen molar-refractivity contribution in [1.29, 1.82) is 0 Å². The van der Waals surface area contributed by atoms with Gasteiger partial charge in [-0.15, -0.1) is 0 Å². The molecular weight excluding hydrogens is 219 g/mol. The first-order valence-corrected chi connectivity index (χ1v) is 6.90. The second-order valence-corrected chi connectivity index (χ2v) is 6.19. The van der Waals surface area contributed by atoms with Gasteiger partial charge in [0.25, 0.3) is 0 Å². The molecule has 0 saturated heterocycles. The highest BCUT2D eigenvalue weighted by atomic mass is 19.1. The maximum atomic E-state index is 13.7. The van der Waals surface area contributed by atoms with Gasteiger partial charge in [-0.1, -0.05) is 26.7 Å². The number of aliphatic hydroxyl groups is 1. The van der Waals surface area contributed by atoms with Crippen LogP contribution >= 0.6 is 0 Å². The van der Waals surface area contributed by atoms with Gasteiger partial charge >= 0.3 is 0 Å². The van der Waals surface area contributed by atoms with Gasteiger partial charge in [0.05, 0.1) is 6.10 Å². The van der Waals surface area contributed by atoms with Crippen molar-refractivity contribution in [3.05, 3.63) is 0 Å². The Morgan fingerprint density at radius 3 is 2.12 bits per heavy atom. The Morgan fingerprint density at radius 1 is 1.00 bits per heavy atom.